The highest BCUT2D eigenvalue weighted by Gasteiger charge is 2.11. The van der Waals surface area contributed by atoms with Gasteiger partial charge in [-0.05, 0) is 30.3 Å². The molecule has 21 heavy (non-hydrogen) atoms. The van der Waals surface area contributed by atoms with Gasteiger partial charge in [0.15, 0.2) is 24.0 Å². The lowest BCUT2D eigenvalue weighted by Crippen LogP contribution is -2.12. The van der Waals surface area contributed by atoms with Crippen LogP contribution in [0.4, 0.5) is 13.2 Å². The maximum Gasteiger partial charge on any atom is 0.200 e. The molecular formula is C15H9F3O3. The maximum atomic E-state index is 13.1. The van der Waals surface area contributed by atoms with E-state index in [4.69, 9.17) is 4.74 Å². The molecule has 0 saturated heterocycles. The average molecular weight is 294 g/mol. The minimum Gasteiger partial charge on any atom is -0.485 e. The van der Waals surface area contributed by atoms with Crippen molar-refractivity contribution in [2.45, 2.75) is 0 Å². The number of hydrogen-bond donors (Lipinski definition) is 0. The third kappa shape index (κ3) is 3.68. The number of ketones is 1. The summed E-state index contributed by atoms with van der Waals surface area (Å²) >= 11 is 0. The second-order valence-corrected chi connectivity index (χ2v) is 4.18. The Morgan fingerprint density at radius 2 is 1.81 bits per heavy atom. The van der Waals surface area contributed by atoms with Gasteiger partial charge in [0, 0.05) is 17.2 Å². The van der Waals surface area contributed by atoms with Crippen LogP contribution in [0.25, 0.3) is 0 Å². The van der Waals surface area contributed by atoms with Gasteiger partial charge in [-0.2, -0.15) is 0 Å². The standard InChI is InChI=1S/C15H9F3O3/c16-11-3-9(7-19)4-12(6-11)21-8-15(20)10-1-2-13(17)14(18)5-10/h1-7H,8H2. The Bertz CT molecular complexity index is 699. The summed E-state index contributed by atoms with van der Waals surface area (Å²) in [4.78, 5) is 22.3. The summed E-state index contributed by atoms with van der Waals surface area (Å²) in [6.45, 7) is -0.493. The van der Waals surface area contributed by atoms with Crippen LogP contribution in [0.15, 0.2) is 36.4 Å². The molecule has 0 bridgehead atoms. The first kappa shape index (κ1) is 14.8. The predicted molar refractivity (Wildman–Crippen MR) is 68.0 cm³/mol. The molecule has 0 aliphatic carbocycles. The Morgan fingerprint density at radius 3 is 2.48 bits per heavy atom. The van der Waals surface area contributed by atoms with E-state index in [2.05, 4.69) is 0 Å². The second kappa shape index (κ2) is 6.21. The fourth-order valence-corrected chi connectivity index (χ4v) is 1.64. The van der Waals surface area contributed by atoms with Crippen LogP contribution in [0.1, 0.15) is 20.7 Å². The monoisotopic (exact) mass is 294 g/mol. The minimum atomic E-state index is -1.14. The molecule has 0 N–H and O–H groups in total. The Balaban J connectivity index is 2.08. The Hall–Kier alpha value is -2.63. The van der Waals surface area contributed by atoms with Gasteiger partial charge in [0.1, 0.15) is 17.9 Å². The smallest absolute Gasteiger partial charge is 0.200 e. The molecule has 0 heterocycles. The summed E-state index contributed by atoms with van der Waals surface area (Å²) in [6.07, 6.45) is 0.438. The minimum absolute atomic E-state index is 0.00645. The zero-order valence-corrected chi connectivity index (χ0v) is 10.6. The molecular weight excluding hydrogens is 285 g/mol. The molecule has 0 unspecified atom stereocenters. The first-order valence-corrected chi connectivity index (χ1v) is 5.86. The number of rotatable bonds is 5. The van der Waals surface area contributed by atoms with Gasteiger partial charge < -0.3 is 4.74 Å². The number of carbonyl (C=O) groups is 2. The highest BCUT2D eigenvalue weighted by atomic mass is 19.2. The topological polar surface area (TPSA) is 43.4 Å². The van der Waals surface area contributed by atoms with Crippen LogP contribution in [0.2, 0.25) is 0 Å². The van der Waals surface area contributed by atoms with E-state index >= 15 is 0 Å². The zero-order valence-electron chi connectivity index (χ0n) is 10.6. The number of aldehydes is 1. The second-order valence-electron chi connectivity index (χ2n) is 4.18. The number of halogens is 3. The maximum absolute atomic E-state index is 13.1. The number of hydrogen-bond acceptors (Lipinski definition) is 3. The van der Waals surface area contributed by atoms with Crippen molar-refractivity contribution >= 4 is 12.1 Å². The molecule has 0 spiro atoms. The summed E-state index contributed by atoms with van der Waals surface area (Å²) in [7, 11) is 0. The lowest BCUT2D eigenvalue weighted by Gasteiger charge is -2.06. The van der Waals surface area contributed by atoms with E-state index in [0.717, 1.165) is 30.3 Å². The summed E-state index contributed by atoms with van der Waals surface area (Å²) in [5.74, 6) is -3.50. The molecule has 0 saturated carbocycles. The van der Waals surface area contributed by atoms with Gasteiger partial charge in [0.05, 0.1) is 0 Å². The van der Waals surface area contributed by atoms with Crippen molar-refractivity contribution in [2.75, 3.05) is 6.61 Å². The summed E-state index contributed by atoms with van der Waals surface area (Å²) in [5, 5.41) is 0. The average Bonchev–Trinajstić information content (AvgIpc) is 2.47. The number of benzene rings is 2. The largest absolute Gasteiger partial charge is 0.485 e. The number of carbonyl (C=O) groups excluding carboxylic acids is 2. The fraction of sp³-hybridized carbons (Fsp3) is 0.0667. The number of Topliss-reactive ketones (excluding diaryl/α,β-unsaturated/α-hetero) is 1. The third-order valence-electron chi connectivity index (χ3n) is 2.64. The van der Waals surface area contributed by atoms with Gasteiger partial charge in [-0.3, -0.25) is 9.59 Å². The van der Waals surface area contributed by atoms with E-state index in [0.29, 0.717) is 6.29 Å². The quantitative estimate of drug-likeness (QED) is 0.628. The molecule has 2 rings (SSSR count). The molecule has 0 aromatic heterocycles. The molecule has 0 aliphatic rings. The van der Waals surface area contributed by atoms with Gasteiger partial charge in [-0.25, -0.2) is 13.2 Å². The van der Waals surface area contributed by atoms with Crippen LogP contribution < -0.4 is 4.74 Å². The Morgan fingerprint density at radius 1 is 1.05 bits per heavy atom. The number of ether oxygens (including phenoxy) is 1. The molecule has 0 atom stereocenters. The van der Waals surface area contributed by atoms with Crippen LogP contribution in [0.3, 0.4) is 0 Å². The highest BCUT2D eigenvalue weighted by molar-refractivity contribution is 5.97. The molecule has 2 aromatic carbocycles. The highest BCUT2D eigenvalue weighted by Crippen LogP contribution is 2.16. The molecule has 0 aliphatic heterocycles. The predicted octanol–water partition coefficient (Wildman–Crippen LogP) is 3.18. The van der Waals surface area contributed by atoms with E-state index in [1.54, 1.807) is 0 Å². The summed E-state index contributed by atoms with van der Waals surface area (Å²) in [6, 6.07) is 5.97. The molecule has 2 aromatic rings. The lowest BCUT2D eigenvalue weighted by molar-refractivity contribution is 0.0920. The van der Waals surface area contributed by atoms with E-state index in [1.807, 2.05) is 0 Å². The summed E-state index contributed by atoms with van der Waals surface area (Å²) in [5.41, 5.74) is -0.00816. The van der Waals surface area contributed by atoms with Crippen LogP contribution in [0.5, 0.6) is 5.75 Å². The van der Waals surface area contributed by atoms with E-state index in [9.17, 15) is 22.8 Å². The molecule has 6 heteroatoms. The van der Waals surface area contributed by atoms with Crippen LogP contribution in [-0.2, 0) is 0 Å². The summed E-state index contributed by atoms with van der Waals surface area (Å²) < 4.78 is 43.9. The van der Waals surface area contributed by atoms with Gasteiger partial charge in [-0.15, -0.1) is 0 Å². The van der Waals surface area contributed by atoms with Gasteiger partial charge >= 0.3 is 0 Å². The van der Waals surface area contributed by atoms with Crippen LogP contribution in [-0.4, -0.2) is 18.7 Å². The first-order valence-electron chi connectivity index (χ1n) is 5.86. The SMILES string of the molecule is O=Cc1cc(F)cc(OCC(=O)c2ccc(F)c(F)c2)c1. The lowest BCUT2D eigenvalue weighted by atomic mass is 10.1. The van der Waals surface area contributed by atoms with Crippen molar-refractivity contribution in [3.8, 4) is 5.75 Å². The normalized spacial score (nSPS) is 10.2. The van der Waals surface area contributed by atoms with Crippen LogP contribution in [0, 0.1) is 17.5 Å². The van der Waals surface area contributed by atoms with E-state index < -0.39 is 29.8 Å². The fourth-order valence-electron chi connectivity index (χ4n) is 1.64. The van der Waals surface area contributed by atoms with Crippen molar-refractivity contribution in [1.29, 1.82) is 0 Å². The molecule has 0 fully saturated rings. The molecule has 108 valence electrons. The van der Waals surface area contributed by atoms with Crippen molar-refractivity contribution in [1.82, 2.24) is 0 Å². The zero-order chi connectivity index (χ0) is 15.4. The van der Waals surface area contributed by atoms with Crippen molar-refractivity contribution in [3.05, 3.63) is 65.0 Å². The molecule has 0 amide bonds. The van der Waals surface area contributed by atoms with E-state index in [-0.39, 0.29) is 16.9 Å². The van der Waals surface area contributed by atoms with Crippen molar-refractivity contribution in [2.24, 2.45) is 0 Å². The van der Waals surface area contributed by atoms with Gasteiger partial charge in [0.2, 0.25) is 0 Å². The Labute approximate surface area is 118 Å². The third-order valence-corrected chi connectivity index (χ3v) is 2.64. The molecule has 3 nitrogen and oxygen atoms in total. The van der Waals surface area contributed by atoms with Gasteiger partial charge in [0.25, 0.3) is 0 Å². The first-order chi connectivity index (χ1) is 9.99. The Kier molecular flexibility index (Phi) is 4.37. The van der Waals surface area contributed by atoms with E-state index in [1.165, 1.54) is 6.07 Å². The van der Waals surface area contributed by atoms with Crippen molar-refractivity contribution < 1.29 is 27.5 Å². The molecule has 0 radical (unpaired) electrons. The van der Waals surface area contributed by atoms with Crippen molar-refractivity contribution in [3.63, 3.8) is 0 Å². The van der Waals surface area contributed by atoms with Crippen LogP contribution >= 0.6 is 0 Å². The van der Waals surface area contributed by atoms with Gasteiger partial charge in [-0.1, -0.05) is 0 Å².